The average molecular weight is 158 g/mol. The van der Waals surface area contributed by atoms with Crippen LogP contribution < -0.4 is 5.73 Å². The topological polar surface area (TPSA) is 63.3 Å². The number of hydrogen-bond donors (Lipinski definition) is 2. The van der Waals surface area contributed by atoms with Crippen molar-refractivity contribution in [3.8, 4) is 0 Å². The lowest BCUT2D eigenvalue weighted by atomic mass is 9.98. The Bertz CT molecular complexity index is 132. The van der Waals surface area contributed by atoms with Gasteiger partial charge >= 0.3 is 0 Å². The second kappa shape index (κ2) is 4.34. The Morgan fingerprint density at radius 2 is 2.27 bits per heavy atom. The number of primary amides is 1. The first-order chi connectivity index (χ1) is 5.00. The lowest BCUT2D eigenvalue weighted by Crippen LogP contribution is -2.40. The fourth-order valence-corrected chi connectivity index (χ4v) is 0.774. The van der Waals surface area contributed by atoms with Crippen molar-refractivity contribution in [3.05, 3.63) is 6.42 Å². The maximum Gasteiger partial charge on any atom is 0.249 e. The molecule has 1 amide bonds. The molecule has 0 aliphatic heterocycles. The summed E-state index contributed by atoms with van der Waals surface area (Å²) in [5.74, 6) is -0.645. The molecule has 3 heteroatoms. The number of carbonyl (C=O) groups excluding carboxylic acids is 1. The average Bonchev–Trinajstić information content (AvgIpc) is 1.88. The second-order valence-corrected chi connectivity index (χ2v) is 2.94. The van der Waals surface area contributed by atoms with Gasteiger partial charge in [-0.2, -0.15) is 0 Å². The molecule has 0 saturated heterocycles. The zero-order valence-corrected chi connectivity index (χ0v) is 7.13. The summed E-state index contributed by atoms with van der Waals surface area (Å²) < 4.78 is 0. The molecule has 1 radical (unpaired) electrons. The van der Waals surface area contributed by atoms with Gasteiger partial charge in [-0.25, -0.2) is 0 Å². The molecule has 0 aliphatic carbocycles. The Balaban J connectivity index is 3.64. The Kier molecular flexibility index (Phi) is 4.11. The minimum absolute atomic E-state index is 0.437. The Hall–Kier alpha value is -0.570. The van der Waals surface area contributed by atoms with Gasteiger partial charge in [0.05, 0.1) is 0 Å². The number of aliphatic hydroxyl groups is 1. The van der Waals surface area contributed by atoms with Crippen molar-refractivity contribution in [3.63, 3.8) is 0 Å². The number of nitrogens with two attached hydrogens (primary N) is 1. The van der Waals surface area contributed by atoms with Gasteiger partial charge in [0.15, 0.2) is 0 Å². The van der Waals surface area contributed by atoms with Crippen molar-refractivity contribution in [1.82, 2.24) is 0 Å². The lowest BCUT2D eigenvalue weighted by Gasteiger charge is -2.18. The Morgan fingerprint density at radius 3 is 2.64 bits per heavy atom. The first kappa shape index (κ1) is 10.4. The van der Waals surface area contributed by atoms with E-state index in [2.05, 4.69) is 0 Å². The predicted octanol–water partition coefficient (Wildman–Crippen LogP) is 0.617. The fraction of sp³-hybridized carbons (Fsp3) is 0.750. The standard InChI is InChI=1S/C8H16NO2/c1-3-4-5-6-8(2,11)7(9)10/h3,11H,4-6H2,1-2H3,(H2,9,10). The van der Waals surface area contributed by atoms with E-state index in [1.807, 2.05) is 13.3 Å². The van der Waals surface area contributed by atoms with E-state index in [9.17, 15) is 9.90 Å². The summed E-state index contributed by atoms with van der Waals surface area (Å²) in [6.07, 6.45) is 4.14. The highest BCUT2D eigenvalue weighted by atomic mass is 16.3. The predicted molar refractivity (Wildman–Crippen MR) is 43.6 cm³/mol. The summed E-state index contributed by atoms with van der Waals surface area (Å²) in [6, 6.07) is 0. The summed E-state index contributed by atoms with van der Waals surface area (Å²) in [7, 11) is 0. The highest BCUT2D eigenvalue weighted by molar-refractivity contribution is 5.82. The molecule has 11 heavy (non-hydrogen) atoms. The van der Waals surface area contributed by atoms with Crippen LogP contribution in [-0.4, -0.2) is 16.6 Å². The van der Waals surface area contributed by atoms with Gasteiger partial charge in [-0.3, -0.25) is 4.79 Å². The summed E-state index contributed by atoms with van der Waals surface area (Å²) in [5.41, 5.74) is 3.62. The van der Waals surface area contributed by atoms with Crippen LogP contribution in [0, 0.1) is 6.42 Å². The minimum Gasteiger partial charge on any atom is -0.380 e. The van der Waals surface area contributed by atoms with Crippen molar-refractivity contribution in [2.75, 3.05) is 0 Å². The number of amides is 1. The Morgan fingerprint density at radius 1 is 1.73 bits per heavy atom. The molecule has 0 fully saturated rings. The van der Waals surface area contributed by atoms with Gasteiger partial charge in [0.25, 0.3) is 0 Å². The van der Waals surface area contributed by atoms with Gasteiger partial charge in [-0.15, -0.1) is 0 Å². The van der Waals surface area contributed by atoms with Crippen molar-refractivity contribution in [1.29, 1.82) is 0 Å². The summed E-state index contributed by atoms with van der Waals surface area (Å²) >= 11 is 0. The monoisotopic (exact) mass is 158 g/mol. The number of hydrogen-bond acceptors (Lipinski definition) is 2. The molecule has 0 aromatic rings. The van der Waals surface area contributed by atoms with E-state index < -0.39 is 11.5 Å². The largest absolute Gasteiger partial charge is 0.380 e. The molecule has 0 saturated carbocycles. The molecular formula is C8H16NO2. The molecule has 0 aromatic heterocycles. The maximum absolute atomic E-state index is 10.6. The number of rotatable bonds is 5. The van der Waals surface area contributed by atoms with Crippen LogP contribution in [0.5, 0.6) is 0 Å². The first-order valence-corrected chi connectivity index (χ1v) is 3.81. The van der Waals surface area contributed by atoms with Crippen LogP contribution in [0.15, 0.2) is 0 Å². The van der Waals surface area contributed by atoms with E-state index in [0.29, 0.717) is 6.42 Å². The van der Waals surface area contributed by atoms with Crippen molar-refractivity contribution in [2.24, 2.45) is 5.73 Å². The minimum atomic E-state index is -1.33. The summed E-state index contributed by atoms with van der Waals surface area (Å²) in [5, 5.41) is 9.33. The third-order valence-corrected chi connectivity index (χ3v) is 1.69. The van der Waals surface area contributed by atoms with E-state index >= 15 is 0 Å². The van der Waals surface area contributed by atoms with Crippen molar-refractivity contribution >= 4 is 5.91 Å². The van der Waals surface area contributed by atoms with E-state index in [1.165, 1.54) is 6.92 Å². The molecule has 3 nitrogen and oxygen atoms in total. The van der Waals surface area contributed by atoms with Gasteiger partial charge in [0.2, 0.25) is 5.91 Å². The molecular weight excluding hydrogens is 142 g/mol. The molecule has 1 unspecified atom stereocenters. The SMILES string of the molecule is C[CH]CCCC(C)(O)C(N)=O. The summed E-state index contributed by atoms with van der Waals surface area (Å²) in [4.78, 5) is 10.6. The van der Waals surface area contributed by atoms with E-state index in [0.717, 1.165) is 12.8 Å². The van der Waals surface area contributed by atoms with E-state index in [-0.39, 0.29) is 0 Å². The fourth-order valence-electron chi connectivity index (χ4n) is 0.774. The molecule has 3 N–H and O–H groups in total. The highest BCUT2D eigenvalue weighted by Gasteiger charge is 2.26. The molecule has 65 valence electrons. The van der Waals surface area contributed by atoms with Crippen LogP contribution >= 0.6 is 0 Å². The van der Waals surface area contributed by atoms with Gasteiger partial charge in [0.1, 0.15) is 5.60 Å². The molecule has 0 spiro atoms. The molecule has 0 bridgehead atoms. The quantitative estimate of drug-likeness (QED) is 0.576. The van der Waals surface area contributed by atoms with E-state index in [1.54, 1.807) is 0 Å². The molecule has 0 aromatic carbocycles. The molecule has 1 atom stereocenters. The molecule has 0 aliphatic rings. The maximum atomic E-state index is 10.6. The van der Waals surface area contributed by atoms with Crippen molar-refractivity contribution in [2.45, 2.75) is 38.7 Å². The second-order valence-electron chi connectivity index (χ2n) is 2.94. The number of carbonyl (C=O) groups is 1. The van der Waals surface area contributed by atoms with Gasteiger partial charge in [-0.1, -0.05) is 13.3 Å². The van der Waals surface area contributed by atoms with E-state index in [4.69, 9.17) is 5.73 Å². The smallest absolute Gasteiger partial charge is 0.249 e. The van der Waals surface area contributed by atoms with Crippen molar-refractivity contribution < 1.29 is 9.90 Å². The zero-order valence-electron chi connectivity index (χ0n) is 7.13. The first-order valence-electron chi connectivity index (χ1n) is 3.81. The molecule has 0 rings (SSSR count). The van der Waals surface area contributed by atoms with Crippen LogP contribution in [0.25, 0.3) is 0 Å². The van der Waals surface area contributed by atoms with Crippen LogP contribution in [0.1, 0.15) is 33.1 Å². The lowest BCUT2D eigenvalue weighted by molar-refractivity contribution is -0.135. The van der Waals surface area contributed by atoms with Gasteiger partial charge in [0, 0.05) is 0 Å². The van der Waals surface area contributed by atoms with Crippen LogP contribution in [0.4, 0.5) is 0 Å². The number of unbranched alkanes of at least 4 members (excludes halogenated alkanes) is 2. The van der Waals surface area contributed by atoms with Crippen LogP contribution in [-0.2, 0) is 4.79 Å². The molecule has 0 heterocycles. The third kappa shape index (κ3) is 3.98. The van der Waals surface area contributed by atoms with Gasteiger partial charge < -0.3 is 10.8 Å². The van der Waals surface area contributed by atoms with Crippen LogP contribution in [0.2, 0.25) is 0 Å². The van der Waals surface area contributed by atoms with Gasteiger partial charge in [-0.05, 0) is 26.2 Å². The third-order valence-electron chi connectivity index (χ3n) is 1.69. The van der Waals surface area contributed by atoms with Crippen LogP contribution in [0.3, 0.4) is 0 Å². The normalized spacial score (nSPS) is 15.9. The Labute approximate surface area is 67.6 Å². The highest BCUT2D eigenvalue weighted by Crippen LogP contribution is 2.12. The summed E-state index contributed by atoms with van der Waals surface area (Å²) in [6.45, 7) is 3.39. The zero-order chi connectivity index (χ0) is 8.91.